The average Bonchev–Trinajstić information content (AvgIpc) is 2.43. The first-order valence-electron chi connectivity index (χ1n) is 6.83. The van der Waals surface area contributed by atoms with Gasteiger partial charge >= 0.3 is 0 Å². The maximum absolute atomic E-state index is 5.75. The van der Waals surface area contributed by atoms with E-state index in [-0.39, 0.29) is 6.04 Å². The zero-order valence-electron chi connectivity index (χ0n) is 12.3. The Bertz CT molecular complexity index is 581. The third kappa shape index (κ3) is 3.85. The van der Waals surface area contributed by atoms with Gasteiger partial charge in [0, 0.05) is 10.6 Å². The van der Waals surface area contributed by atoms with Gasteiger partial charge in [0.1, 0.15) is 0 Å². The Labute approximate surface area is 125 Å². The molecule has 3 heteroatoms. The van der Waals surface area contributed by atoms with Crippen LogP contribution in [-0.2, 0) is 0 Å². The summed E-state index contributed by atoms with van der Waals surface area (Å²) in [7, 11) is 0. The molecule has 2 aromatic carbocycles. The highest BCUT2D eigenvalue weighted by Crippen LogP contribution is 2.27. The predicted octanol–water partition coefficient (Wildman–Crippen LogP) is 3.91. The first kappa shape index (κ1) is 15.1. The molecular formula is C17H22N2S. The summed E-state index contributed by atoms with van der Waals surface area (Å²) in [6, 6.07) is 15.3. The van der Waals surface area contributed by atoms with E-state index in [1.54, 1.807) is 0 Å². The Morgan fingerprint density at radius 1 is 1.05 bits per heavy atom. The Hall–Kier alpha value is -1.29. The zero-order valence-corrected chi connectivity index (χ0v) is 13.1. The second-order valence-electron chi connectivity index (χ2n) is 5.21. The van der Waals surface area contributed by atoms with Crippen molar-refractivity contribution in [3.05, 3.63) is 64.7 Å². The van der Waals surface area contributed by atoms with E-state index in [1.165, 1.54) is 27.1 Å². The summed E-state index contributed by atoms with van der Waals surface area (Å²) >= 11 is 1.83. The number of hydrazine groups is 1. The van der Waals surface area contributed by atoms with Crippen LogP contribution in [0.3, 0.4) is 0 Å². The van der Waals surface area contributed by atoms with Crippen molar-refractivity contribution < 1.29 is 0 Å². The summed E-state index contributed by atoms with van der Waals surface area (Å²) in [6.45, 7) is 6.37. The highest BCUT2D eigenvalue weighted by Gasteiger charge is 2.13. The molecule has 1 unspecified atom stereocenters. The van der Waals surface area contributed by atoms with Crippen LogP contribution < -0.4 is 11.3 Å². The van der Waals surface area contributed by atoms with Gasteiger partial charge in [0.25, 0.3) is 0 Å². The van der Waals surface area contributed by atoms with E-state index in [1.807, 2.05) is 11.8 Å². The first-order valence-corrected chi connectivity index (χ1v) is 7.81. The molecule has 0 amide bonds. The third-order valence-electron chi connectivity index (χ3n) is 3.42. The van der Waals surface area contributed by atoms with E-state index >= 15 is 0 Å². The fourth-order valence-corrected chi connectivity index (χ4v) is 3.33. The number of hydrogen-bond acceptors (Lipinski definition) is 3. The van der Waals surface area contributed by atoms with Gasteiger partial charge in [-0.15, -0.1) is 11.8 Å². The van der Waals surface area contributed by atoms with Gasteiger partial charge in [-0.3, -0.25) is 11.3 Å². The van der Waals surface area contributed by atoms with Gasteiger partial charge in [0.05, 0.1) is 6.04 Å². The molecule has 2 nitrogen and oxygen atoms in total. The summed E-state index contributed by atoms with van der Waals surface area (Å²) in [6.07, 6.45) is 0. The normalized spacial score (nSPS) is 12.4. The molecule has 3 N–H and O–H groups in total. The molecule has 0 aliphatic carbocycles. The van der Waals surface area contributed by atoms with Crippen LogP contribution in [0.1, 0.15) is 28.3 Å². The van der Waals surface area contributed by atoms with Gasteiger partial charge in [-0.2, -0.15) is 0 Å². The quantitative estimate of drug-likeness (QED) is 0.497. The van der Waals surface area contributed by atoms with Crippen LogP contribution in [-0.4, -0.2) is 5.75 Å². The standard InChI is InChI=1S/C17H22N2S/c1-12-5-4-6-15(9-12)20-11-17(19-18)16-10-13(2)7-8-14(16)3/h4-10,17,19H,11,18H2,1-3H3. The number of nitrogens with two attached hydrogens (primary N) is 1. The van der Waals surface area contributed by atoms with Gasteiger partial charge in [-0.05, 0) is 44.0 Å². The lowest BCUT2D eigenvalue weighted by Crippen LogP contribution is -2.30. The van der Waals surface area contributed by atoms with E-state index in [0.29, 0.717) is 0 Å². The van der Waals surface area contributed by atoms with E-state index in [0.717, 1.165) is 5.75 Å². The number of thioether (sulfide) groups is 1. The second-order valence-corrected chi connectivity index (χ2v) is 6.30. The van der Waals surface area contributed by atoms with Gasteiger partial charge in [-0.25, -0.2) is 0 Å². The van der Waals surface area contributed by atoms with Crippen molar-refractivity contribution in [2.45, 2.75) is 31.7 Å². The van der Waals surface area contributed by atoms with E-state index in [4.69, 9.17) is 5.84 Å². The molecule has 0 radical (unpaired) electrons. The van der Waals surface area contributed by atoms with Crippen LogP contribution in [0.5, 0.6) is 0 Å². The Balaban J connectivity index is 2.11. The van der Waals surface area contributed by atoms with Crippen molar-refractivity contribution in [3.63, 3.8) is 0 Å². The lowest BCUT2D eigenvalue weighted by molar-refractivity contribution is 0.607. The lowest BCUT2D eigenvalue weighted by Gasteiger charge is -2.19. The Morgan fingerprint density at radius 2 is 1.80 bits per heavy atom. The van der Waals surface area contributed by atoms with E-state index < -0.39 is 0 Å². The topological polar surface area (TPSA) is 38.0 Å². The third-order valence-corrected chi connectivity index (χ3v) is 4.50. The van der Waals surface area contributed by atoms with Crippen LogP contribution in [0.4, 0.5) is 0 Å². The molecule has 0 aliphatic rings. The van der Waals surface area contributed by atoms with E-state index in [2.05, 4.69) is 68.7 Å². The van der Waals surface area contributed by atoms with Crippen molar-refractivity contribution in [1.82, 2.24) is 5.43 Å². The van der Waals surface area contributed by atoms with Gasteiger partial charge in [0.15, 0.2) is 0 Å². The number of benzene rings is 2. The minimum absolute atomic E-state index is 0.167. The highest BCUT2D eigenvalue weighted by molar-refractivity contribution is 7.99. The number of rotatable bonds is 5. The molecular weight excluding hydrogens is 264 g/mol. The van der Waals surface area contributed by atoms with Gasteiger partial charge in [0.2, 0.25) is 0 Å². The van der Waals surface area contributed by atoms with Crippen molar-refractivity contribution in [2.24, 2.45) is 5.84 Å². The summed E-state index contributed by atoms with van der Waals surface area (Å²) in [5.74, 6) is 6.68. The molecule has 106 valence electrons. The highest BCUT2D eigenvalue weighted by atomic mass is 32.2. The van der Waals surface area contributed by atoms with Crippen LogP contribution in [0.2, 0.25) is 0 Å². The maximum Gasteiger partial charge on any atom is 0.0556 e. The SMILES string of the molecule is Cc1cccc(SCC(NN)c2cc(C)ccc2C)c1. The number of aryl methyl sites for hydroxylation is 3. The van der Waals surface area contributed by atoms with Crippen molar-refractivity contribution in [2.75, 3.05) is 5.75 Å². The zero-order chi connectivity index (χ0) is 14.5. The van der Waals surface area contributed by atoms with Crippen molar-refractivity contribution in [1.29, 1.82) is 0 Å². The van der Waals surface area contributed by atoms with Crippen LogP contribution >= 0.6 is 11.8 Å². The molecule has 0 aliphatic heterocycles. The summed E-state index contributed by atoms with van der Waals surface area (Å²) in [4.78, 5) is 1.29. The fourth-order valence-electron chi connectivity index (χ4n) is 2.25. The molecule has 1 atom stereocenters. The number of hydrogen-bond donors (Lipinski definition) is 2. The monoisotopic (exact) mass is 286 g/mol. The molecule has 0 aromatic heterocycles. The Kier molecular flexibility index (Phi) is 5.24. The summed E-state index contributed by atoms with van der Waals surface area (Å²) < 4.78 is 0. The summed E-state index contributed by atoms with van der Waals surface area (Å²) in [5.41, 5.74) is 8.08. The van der Waals surface area contributed by atoms with Crippen molar-refractivity contribution >= 4 is 11.8 Å². The molecule has 0 heterocycles. The number of nitrogens with one attached hydrogen (secondary N) is 1. The molecule has 0 fully saturated rings. The second kappa shape index (κ2) is 6.93. The molecule has 0 saturated heterocycles. The molecule has 0 spiro atoms. The van der Waals surface area contributed by atoms with Crippen molar-refractivity contribution in [3.8, 4) is 0 Å². The van der Waals surface area contributed by atoms with Gasteiger partial charge < -0.3 is 0 Å². The average molecular weight is 286 g/mol. The lowest BCUT2D eigenvalue weighted by atomic mass is 10.0. The first-order chi connectivity index (χ1) is 9.60. The Morgan fingerprint density at radius 3 is 2.50 bits per heavy atom. The molecule has 0 bridgehead atoms. The van der Waals surface area contributed by atoms with Gasteiger partial charge in [-0.1, -0.05) is 41.5 Å². The summed E-state index contributed by atoms with van der Waals surface area (Å²) in [5, 5.41) is 0. The predicted molar refractivity (Wildman–Crippen MR) is 87.9 cm³/mol. The molecule has 2 aromatic rings. The smallest absolute Gasteiger partial charge is 0.0556 e. The van der Waals surface area contributed by atoms with Crippen LogP contribution in [0.25, 0.3) is 0 Å². The molecule has 0 saturated carbocycles. The fraction of sp³-hybridized carbons (Fsp3) is 0.294. The maximum atomic E-state index is 5.75. The minimum atomic E-state index is 0.167. The van der Waals surface area contributed by atoms with Crippen LogP contribution in [0, 0.1) is 20.8 Å². The largest absolute Gasteiger partial charge is 0.271 e. The molecule has 2 rings (SSSR count). The van der Waals surface area contributed by atoms with E-state index in [9.17, 15) is 0 Å². The van der Waals surface area contributed by atoms with Crippen LogP contribution in [0.15, 0.2) is 47.4 Å². The minimum Gasteiger partial charge on any atom is -0.271 e. The molecule has 20 heavy (non-hydrogen) atoms.